The van der Waals surface area contributed by atoms with Crippen molar-refractivity contribution in [1.82, 2.24) is 0 Å². The van der Waals surface area contributed by atoms with Crippen molar-refractivity contribution in [2.75, 3.05) is 32.8 Å². The van der Waals surface area contributed by atoms with Gasteiger partial charge in [-0.25, -0.2) is 0 Å². The molecule has 0 aromatic heterocycles. The minimum Gasteiger partial charge on any atom is -0.391 e. The Morgan fingerprint density at radius 1 is 0.395 bits per heavy atom. The lowest BCUT2D eigenvalue weighted by Gasteiger charge is -2.37. The molecule has 0 saturated carbocycles. The van der Waals surface area contributed by atoms with Gasteiger partial charge in [-0.1, -0.05) is 115 Å². The van der Waals surface area contributed by atoms with E-state index >= 15 is 0 Å². The second kappa shape index (κ2) is 30.9. The molecule has 0 radical (unpaired) electrons. The maximum Gasteiger partial charge on any atom is 0.102 e. The highest BCUT2D eigenvalue weighted by molar-refractivity contribution is 4.82. The van der Waals surface area contributed by atoms with Gasteiger partial charge in [-0.05, 0) is 84.0 Å². The van der Waals surface area contributed by atoms with E-state index in [0.717, 1.165) is 11.0 Å². The van der Waals surface area contributed by atoms with E-state index in [2.05, 4.69) is 45.1 Å². The molecule has 0 unspecified atom stereocenters. The van der Waals surface area contributed by atoms with Crippen LogP contribution >= 0.6 is 0 Å². The van der Waals surface area contributed by atoms with Gasteiger partial charge in [0.2, 0.25) is 0 Å². The lowest BCUT2D eigenvalue weighted by Crippen LogP contribution is -2.51. The van der Waals surface area contributed by atoms with Crippen LogP contribution in [-0.2, 0) is 0 Å². The molecule has 0 heterocycles. The van der Waals surface area contributed by atoms with Crippen molar-refractivity contribution in [2.45, 2.75) is 175 Å². The fourth-order valence-electron chi connectivity index (χ4n) is 5.70. The summed E-state index contributed by atoms with van der Waals surface area (Å²) in [5.74, 6) is 0. The third kappa shape index (κ3) is 25.7. The Hall–Kier alpha value is -0.600. The van der Waals surface area contributed by atoms with E-state index in [1.165, 1.54) is 174 Å². The summed E-state index contributed by atoms with van der Waals surface area (Å²) in [5, 5.41) is 9.74. The summed E-state index contributed by atoms with van der Waals surface area (Å²) in [6, 6.07) is 0. The Morgan fingerprint density at radius 3 is 1.03 bits per heavy atom. The monoisotopic (exact) mass is 535 g/mol. The molecule has 0 rings (SSSR count). The highest BCUT2D eigenvalue weighted by Crippen LogP contribution is 2.16. The van der Waals surface area contributed by atoms with E-state index < -0.39 is 0 Å². The fraction of sp³-hybridized carbons (Fsp3) is 0.889. The zero-order valence-electron chi connectivity index (χ0n) is 26.7. The lowest BCUT2D eigenvalue weighted by atomic mass is 10.1. The van der Waals surface area contributed by atoms with Crippen LogP contribution in [0.1, 0.15) is 175 Å². The molecule has 226 valence electrons. The van der Waals surface area contributed by atoms with E-state index in [0.29, 0.717) is 6.61 Å². The van der Waals surface area contributed by atoms with Gasteiger partial charge >= 0.3 is 0 Å². The van der Waals surface area contributed by atoms with Gasteiger partial charge in [0.1, 0.15) is 6.54 Å². The minimum absolute atomic E-state index is 0.339. The lowest BCUT2D eigenvalue weighted by molar-refractivity contribution is -0.927. The van der Waals surface area contributed by atoms with E-state index in [1.807, 2.05) is 0 Å². The van der Waals surface area contributed by atoms with Crippen molar-refractivity contribution in [3.63, 3.8) is 0 Å². The molecule has 0 bridgehead atoms. The standard InChI is InChI=1S/C36H72NO/c1-4-7-9-11-13-15-17-19-21-23-25-27-29-31-33-37(6-3,35-36-38)34-32-30-28-26-24-22-20-18-16-14-12-10-8-5-2/h15-18,38H,4-14,19-36H2,1-3H3/q+1. The van der Waals surface area contributed by atoms with Gasteiger partial charge < -0.3 is 9.59 Å². The molecular formula is C36H72NO+. The van der Waals surface area contributed by atoms with Gasteiger partial charge in [0.05, 0.1) is 26.2 Å². The van der Waals surface area contributed by atoms with Crippen molar-refractivity contribution in [3.05, 3.63) is 24.3 Å². The summed E-state index contributed by atoms with van der Waals surface area (Å²) >= 11 is 0. The predicted molar refractivity (Wildman–Crippen MR) is 173 cm³/mol. The van der Waals surface area contributed by atoms with Crippen LogP contribution in [0.4, 0.5) is 0 Å². The number of unbranched alkanes of at least 4 members (excludes halogenated alkanes) is 20. The van der Waals surface area contributed by atoms with Crippen LogP contribution in [-0.4, -0.2) is 42.4 Å². The van der Waals surface area contributed by atoms with Crippen LogP contribution in [0.15, 0.2) is 24.3 Å². The summed E-state index contributed by atoms with van der Waals surface area (Å²) < 4.78 is 1.14. The van der Waals surface area contributed by atoms with Crippen molar-refractivity contribution in [2.24, 2.45) is 0 Å². The first-order valence-electron chi connectivity index (χ1n) is 17.5. The average Bonchev–Trinajstić information content (AvgIpc) is 2.93. The Bertz CT molecular complexity index is 460. The van der Waals surface area contributed by atoms with E-state index in [4.69, 9.17) is 0 Å². The number of likely N-dealkylation sites (N-methyl/N-ethyl adjacent to an activating group) is 1. The SMILES string of the molecule is CCCCCCC=CCCCCCCCC[N+](CC)(CCO)CCCCCCCCC=CCCCCCC. The molecule has 0 aliphatic heterocycles. The molecule has 0 aliphatic rings. The Labute approximate surface area is 241 Å². The van der Waals surface area contributed by atoms with Gasteiger partial charge in [-0.2, -0.15) is 0 Å². The number of aliphatic hydroxyl groups excluding tert-OH is 1. The Morgan fingerprint density at radius 2 is 0.711 bits per heavy atom. The predicted octanol–water partition coefficient (Wildman–Crippen LogP) is 11.3. The molecule has 2 nitrogen and oxygen atoms in total. The summed E-state index contributed by atoms with van der Waals surface area (Å²) in [5.41, 5.74) is 0. The van der Waals surface area contributed by atoms with Crippen LogP contribution in [0.3, 0.4) is 0 Å². The van der Waals surface area contributed by atoms with Crippen LogP contribution in [0, 0.1) is 0 Å². The maximum absolute atomic E-state index is 9.74. The summed E-state index contributed by atoms with van der Waals surface area (Å²) in [6.45, 7) is 11.9. The topological polar surface area (TPSA) is 20.2 Å². The summed E-state index contributed by atoms with van der Waals surface area (Å²) in [4.78, 5) is 0. The molecule has 0 aromatic rings. The van der Waals surface area contributed by atoms with Crippen molar-refractivity contribution < 1.29 is 9.59 Å². The van der Waals surface area contributed by atoms with Crippen LogP contribution in [0.25, 0.3) is 0 Å². The highest BCUT2D eigenvalue weighted by atomic mass is 16.3. The summed E-state index contributed by atoms with van der Waals surface area (Å²) in [6.07, 6.45) is 42.2. The first kappa shape index (κ1) is 37.4. The number of hydrogen-bond acceptors (Lipinski definition) is 1. The van der Waals surface area contributed by atoms with E-state index in [1.54, 1.807) is 0 Å². The molecular weight excluding hydrogens is 462 g/mol. The molecule has 0 saturated heterocycles. The minimum atomic E-state index is 0.339. The normalized spacial score (nSPS) is 13.7. The molecule has 0 aromatic carbocycles. The molecule has 2 heteroatoms. The van der Waals surface area contributed by atoms with Crippen LogP contribution in [0.2, 0.25) is 0 Å². The maximum atomic E-state index is 9.74. The quantitative estimate of drug-likeness (QED) is 0.0532. The van der Waals surface area contributed by atoms with Crippen molar-refractivity contribution in [3.8, 4) is 0 Å². The molecule has 0 aliphatic carbocycles. The summed E-state index contributed by atoms with van der Waals surface area (Å²) in [7, 11) is 0. The van der Waals surface area contributed by atoms with Crippen molar-refractivity contribution >= 4 is 0 Å². The number of nitrogens with zero attached hydrogens (tertiary/aromatic N) is 1. The molecule has 0 atom stereocenters. The number of rotatable bonds is 31. The Balaban J connectivity index is 3.75. The second-order valence-corrected chi connectivity index (χ2v) is 12.0. The molecule has 0 spiro atoms. The third-order valence-corrected chi connectivity index (χ3v) is 8.53. The Kier molecular flexibility index (Phi) is 30.4. The second-order valence-electron chi connectivity index (χ2n) is 12.0. The number of quaternary nitrogens is 1. The smallest absolute Gasteiger partial charge is 0.102 e. The first-order valence-corrected chi connectivity index (χ1v) is 17.5. The van der Waals surface area contributed by atoms with Gasteiger partial charge in [0.15, 0.2) is 0 Å². The molecule has 0 amide bonds. The van der Waals surface area contributed by atoms with Crippen molar-refractivity contribution in [1.29, 1.82) is 0 Å². The van der Waals surface area contributed by atoms with E-state index in [9.17, 15) is 5.11 Å². The van der Waals surface area contributed by atoms with Crippen LogP contribution < -0.4 is 0 Å². The zero-order valence-corrected chi connectivity index (χ0v) is 26.7. The molecule has 38 heavy (non-hydrogen) atoms. The number of hydrogen-bond donors (Lipinski definition) is 1. The number of allylic oxidation sites excluding steroid dienone is 4. The van der Waals surface area contributed by atoms with Gasteiger partial charge in [-0.3, -0.25) is 0 Å². The largest absolute Gasteiger partial charge is 0.391 e. The van der Waals surface area contributed by atoms with E-state index in [-0.39, 0.29) is 0 Å². The van der Waals surface area contributed by atoms with Crippen LogP contribution in [0.5, 0.6) is 0 Å². The average molecular weight is 535 g/mol. The van der Waals surface area contributed by atoms with Gasteiger partial charge in [-0.15, -0.1) is 0 Å². The van der Waals surface area contributed by atoms with Gasteiger partial charge in [0, 0.05) is 0 Å². The zero-order chi connectivity index (χ0) is 27.8. The number of aliphatic hydroxyl groups is 1. The first-order chi connectivity index (χ1) is 18.7. The molecule has 0 fully saturated rings. The van der Waals surface area contributed by atoms with Gasteiger partial charge in [0.25, 0.3) is 0 Å². The fourth-order valence-corrected chi connectivity index (χ4v) is 5.70. The third-order valence-electron chi connectivity index (χ3n) is 8.53. The molecule has 1 N–H and O–H groups in total. The highest BCUT2D eigenvalue weighted by Gasteiger charge is 2.23.